The molecule has 0 aliphatic heterocycles. The number of hydrogen-bond acceptors (Lipinski definition) is 6. The molecule has 0 unspecified atom stereocenters. The predicted octanol–water partition coefficient (Wildman–Crippen LogP) is -0.237. The van der Waals surface area contributed by atoms with Gasteiger partial charge in [0.25, 0.3) is 0 Å². The van der Waals surface area contributed by atoms with Crippen molar-refractivity contribution in [2.24, 2.45) is 5.14 Å². The van der Waals surface area contributed by atoms with Crippen LogP contribution < -0.4 is 16.2 Å². The lowest BCUT2D eigenvalue weighted by Crippen LogP contribution is -2.14. The summed E-state index contributed by atoms with van der Waals surface area (Å²) in [5.74, 6) is 0.0785. The molecule has 19 heavy (non-hydrogen) atoms. The van der Waals surface area contributed by atoms with Crippen molar-refractivity contribution < 1.29 is 16.8 Å². The summed E-state index contributed by atoms with van der Waals surface area (Å²) in [6.45, 7) is 0.423. The van der Waals surface area contributed by atoms with E-state index >= 15 is 0 Å². The Morgan fingerprint density at radius 1 is 1.21 bits per heavy atom. The SMILES string of the molecule is CS(=O)(=O)CCCNc1ccc(S(N)(=O)=O)cc1N. The molecule has 0 aliphatic rings. The summed E-state index contributed by atoms with van der Waals surface area (Å²) in [7, 11) is -6.76. The van der Waals surface area contributed by atoms with Crippen LogP contribution in [0.5, 0.6) is 0 Å². The molecule has 0 fully saturated rings. The first-order valence-electron chi connectivity index (χ1n) is 5.43. The van der Waals surface area contributed by atoms with E-state index in [1.54, 1.807) is 0 Å². The Balaban J connectivity index is 2.66. The molecule has 0 aliphatic carbocycles. The molecule has 1 aromatic carbocycles. The van der Waals surface area contributed by atoms with E-state index < -0.39 is 19.9 Å². The van der Waals surface area contributed by atoms with E-state index in [9.17, 15) is 16.8 Å². The first-order chi connectivity index (χ1) is 8.59. The van der Waals surface area contributed by atoms with Gasteiger partial charge in [-0.25, -0.2) is 22.0 Å². The van der Waals surface area contributed by atoms with Crippen LogP contribution >= 0.6 is 0 Å². The van der Waals surface area contributed by atoms with Crippen LogP contribution in [0.2, 0.25) is 0 Å². The van der Waals surface area contributed by atoms with Gasteiger partial charge in [-0.15, -0.1) is 0 Å². The zero-order valence-corrected chi connectivity index (χ0v) is 12.1. The maximum Gasteiger partial charge on any atom is 0.238 e. The van der Waals surface area contributed by atoms with Crippen LogP contribution in [-0.2, 0) is 19.9 Å². The van der Waals surface area contributed by atoms with Crippen LogP contribution in [0.4, 0.5) is 11.4 Å². The summed E-state index contributed by atoms with van der Waals surface area (Å²) in [5.41, 5.74) is 6.47. The standard InChI is InChI=1S/C10H17N3O4S2/c1-18(14,15)6-2-5-13-10-4-3-8(7-9(10)11)19(12,16)17/h3-4,7,13H,2,5-6,11H2,1H3,(H2,12,16,17). The van der Waals surface area contributed by atoms with E-state index in [0.717, 1.165) is 0 Å². The van der Waals surface area contributed by atoms with Crippen molar-refractivity contribution in [3.8, 4) is 0 Å². The highest BCUT2D eigenvalue weighted by atomic mass is 32.2. The fourth-order valence-electron chi connectivity index (χ4n) is 1.44. The van der Waals surface area contributed by atoms with Gasteiger partial charge in [0.2, 0.25) is 10.0 Å². The molecule has 0 amide bonds. The summed E-state index contributed by atoms with van der Waals surface area (Å²) < 4.78 is 44.1. The number of sulfonamides is 1. The highest BCUT2D eigenvalue weighted by Gasteiger charge is 2.10. The molecule has 0 heterocycles. The predicted molar refractivity (Wildman–Crippen MR) is 75.0 cm³/mol. The van der Waals surface area contributed by atoms with Gasteiger partial charge >= 0.3 is 0 Å². The Kier molecular flexibility index (Phi) is 4.77. The van der Waals surface area contributed by atoms with Crippen molar-refractivity contribution in [3.63, 3.8) is 0 Å². The fourth-order valence-corrected chi connectivity index (χ4v) is 2.65. The number of benzene rings is 1. The van der Waals surface area contributed by atoms with E-state index in [-0.39, 0.29) is 16.3 Å². The average molecular weight is 307 g/mol. The molecular weight excluding hydrogens is 290 g/mol. The van der Waals surface area contributed by atoms with Gasteiger partial charge in [0.1, 0.15) is 9.84 Å². The highest BCUT2D eigenvalue weighted by molar-refractivity contribution is 7.90. The summed E-state index contributed by atoms with van der Waals surface area (Å²) >= 11 is 0. The molecule has 108 valence electrons. The third-order valence-electron chi connectivity index (χ3n) is 2.36. The highest BCUT2D eigenvalue weighted by Crippen LogP contribution is 2.21. The van der Waals surface area contributed by atoms with Crippen molar-refractivity contribution in [1.82, 2.24) is 0 Å². The lowest BCUT2D eigenvalue weighted by atomic mass is 10.2. The Bertz CT molecular complexity index is 653. The van der Waals surface area contributed by atoms with Gasteiger partial charge in [-0.2, -0.15) is 0 Å². The maximum absolute atomic E-state index is 11.1. The second kappa shape index (κ2) is 5.76. The van der Waals surface area contributed by atoms with E-state index in [2.05, 4.69) is 5.32 Å². The Morgan fingerprint density at radius 3 is 2.32 bits per heavy atom. The molecule has 7 nitrogen and oxygen atoms in total. The Labute approximate surface area is 113 Å². The van der Waals surface area contributed by atoms with Crippen molar-refractivity contribution in [1.29, 1.82) is 0 Å². The molecule has 5 N–H and O–H groups in total. The summed E-state index contributed by atoms with van der Waals surface area (Å²) in [6, 6.07) is 4.09. The van der Waals surface area contributed by atoms with Gasteiger partial charge < -0.3 is 11.1 Å². The normalized spacial score (nSPS) is 12.3. The summed E-state index contributed by atoms with van der Waals surface area (Å²) in [6.07, 6.45) is 1.61. The summed E-state index contributed by atoms with van der Waals surface area (Å²) in [5, 5.41) is 7.91. The molecule has 0 saturated carbocycles. The van der Waals surface area contributed by atoms with Gasteiger partial charge in [-0.05, 0) is 24.6 Å². The van der Waals surface area contributed by atoms with Crippen LogP contribution in [0, 0.1) is 0 Å². The van der Waals surface area contributed by atoms with Crippen LogP contribution in [-0.4, -0.2) is 35.4 Å². The second-order valence-electron chi connectivity index (χ2n) is 4.20. The molecule has 1 aromatic rings. The molecule has 9 heteroatoms. The minimum absolute atomic E-state index is 0.0633. The molecule has 0 saturated heterocycles. The smallest absolute Gasteiger partial charge is 0.238 e. The van der Waals surface area contributed by atoms with Gasteiger partial charge in [0.05, 0.1) is 22.0 Å². The number of primary sulfonamides is 1. The van der Waals surface area contributed by atoms with E-state index in [4.69, 9.17) is 10.9 Å². The van der Waals surface area contributed by atoms with Crippen molar-refractivity contribution in [3.05, 3.63) is 18.2 Å². The number of anilines is 2. The van der Waals surface area contributed by atoms with Crippen LogP contribution in [0.3, 0.4) is 0 Å². The number of rotatable bonds is 6. The molecular formula is C10H17N3O4S2. The maximum atomic E-state index is 11.1. The van der Waals surface area contributed by atoms with Crippen molar-refractivity contribution in [2.45, 2.75) is 11.3 Å². The van der Waals surface area contributed by atoms with Gasteiger partial charge in [0.15, 0.2) is 0 Å². The largest absolute Gasteiger partial charge is 0.397 e. The summed E-state index contributed by atoms with van der Waals surface area (Å²) in [4.78, 5) is -0.0633. The van der Waals surface area contributed by atoms with Crippen molar-refractivity contribution >= 4 is 31.2 Å². The third kappa shape index (κ3) is 5.45. The fraction of sp³-hybridized carbons (Fsp3) is 0.400. The topological polar surface area (TPSA) is 132 Å². The number of nitrogens with two attached hydrogens (primary N) is 2. The Morgan fingerprint density at radius 2 is 1.84 bits per heavy atom. The van der Waals surface area contributed by atoms with Crippen LogP contribution in [0.1, 0.15) is 6.42 Å². The molecule has 0 radical (unpaired) electrons. The average Bonchev–Trinajstić information content (AvgIpc) is 2.23. The first kappa shape index (κ1) is 15.7. The lowest BCUT2D eigenvalue weighted by Gasteiger charge is -2.10. The van der Waals surface area contributed by atoms with Crippen molar-refractivity contribution in [2.75, 3.05) is 29.6 Å². The zero-order valence-electron chi connectivity index (χ0n) is 10.5. The quantitative estimate of drug-likeness (QED) is 0.491. The molecule has 0 bridgehead atoms. The van der Waals surface area contributed by atoms with E-state index in [1.165, 1.54) is 24.5 Å². The number of sulfone groups is 1. The van der Waals surface area contributed by atoms with Crippen LogP contribution in [0.15, 0.2) is 23.1 Å². The van der Waals surface area contributed by atoms with Crippen LogP contribution in [0.25, 0.3) is 0 Å². The minimum atomic E-state index is -3.77. The molecule has 0 aromatic heterocycles. The Hall–Kier alpha value is -1.32. The zero-order chi connectivity index (χ0) is 14.7. The molecule has 0 atom stereocenters. The van der Waals surface area contributed by atoms with Gasteiger partial charge in [-0.3, -0.25) is 0 Å². The van der Waals surface area contributed by atoms with Gasteiger partial charge in [0, 0.05) is 12.8 Å². The number of nitrogens with one attached hydrogen (secondary N) is 1. The lowest BCUT2D eigenvalue weighted by molar-refractivity contribution is 0.596. The van der Waals surface area contributed by atoms with E-state index in [1.807, 2.05) is 0 Å². The van der Waals surface area contributed by atoms with Gasteiger partial charge in [-0.1, -0.05) is 0 Å². The molecule has 0 spiro atoms. The minimum Gasteiger partial charge on any atom is -0.397 e. The molecule has 1 rings (SSSR count). The van der Waals surface area contributed by atoms with E-state index in [0.29, 0.717) is 18.7 Å². The number of hydrogen-bond donors (Lipinski definition) is 3. The first-order valence-corrected chi connectivity index (χ1v) is 9.04. The number of nitrogen functional groups attached to an aromatic ring is 1. The second-order valence-corrected chi connectivity index (χ2v) is 8.03. The monoisotopic (exact) mass is 307 g/mol. The third-order valence-corrected chi connectivity index (χ3v) is 4.30.